The Hall–Kier alpha value is -2.45. The lowest BCUT2D eigenvalue weighted by Crippen LogP contribution is -2.50. The van der Waals surface area contributed by atoms with Gasteiger partial charge in [-0.15, -0.1) is 0 Å². The van der Waals surface area contributed by atoms with Crippen molar-refractivity contribution in [3.05, 3.63) is 36.5 Å². The lowest BCUT2D eigenvalue weighted by Gasteiger charge is -2.31. The Bertz CT molecular complexity index is 1110. The highest BCUT2D eigenvalue weighted by atomic mass is 16.6. The lowest BCUT2D eigenvalue weighted by molar-refractivity contribution is -0.887. The minimum atomic E-state index is -0.875. The zero-order valence-electron chi connectivity index (χ0n) is 41.3. The van der Waals surface area contributed by atoms with Crippen molar-refractivity contribution in [3.63, 3.8) is 0 Å². The van der Waals surface area contributed by atoms with Crippen LogP contribution in [0.3, 0.4) is 0 Å². The summed E-state index contributed by atoms with van der Waals surface area (Å²) < 4.78 is 17.4. The molecule has 0 heterocycles. The van der Waals surface area contributed by atoms with Gasteiger partial charge in [-0.3, -0.25) is 9.59 Å². The molecular weight excluding hydrogens is 775 g/mol. The van der Waals surface area contributed by atoms with Crippen molar-refractivity contribution in [2.24, 2.45) is 0 Å². The van der Waals surface area contributed by atoms with Crippen molar-refractivity contribution in [3.8, 4) is 0 Å². The second kappa shape index (κ2) is 45.1. The van der Waals surface area contributed by atoms with Crippen molar-refractivity contribution in [2.75, 3.05) is 41.0 Å². The van der Waals surface area contributed by atoms with Crippen molar-refractivity contribution in [2.45, 2.75) is 251 Å². The van der Waals surface area contributed by atoms with Gasteiger partial charge in [0.2, 0.25) is 0 Å². The van der Waals surface area contributed by atoms with Crippen LogP contribution in [0.15, 0.2) is 36.5 Å². The maximum Gasteiger partial charge on any atom is 0.362 e. The second-order valence-corrected chi connectivity index (χ2v) is 18.8. The highest BCUT2D eigenvalue weighted by molar-refractivity contribution is 5.72. The van der Waals surface area contributed by atoms with Gasteiger partial charge in [0.25, 0.3) is 0 Å². The summed E-state index contributed by atoms with van der Waals surface area (Å²) in [5, 5.41) is 9.65. The van der Waals surface area contributed by atoms with E-state index in [0.717, 1.165) is 64.2 Å². The molecule has 0 aromatic heterocycles. The fraction of sp³-hybridized carbons (Fsp3) is 0.833. The molecule has 0 aliphatic heterocycles. The number of unbranched alkanes of at least 4 members (excludes halogenated alkanes) is 27. The Morgan fingerprint density at radius 3 is 1.29 bits per heavy atom. The number of carboxylic acid groups (broad SMARTS) is 1. The lowest BCUT2D eigenvalue weighted by atomic mass is 10.0. The summed E-state index contributed by atoms with van der Waals surface area (Å²) in [4.78, 5) is 37.2. The number of carboxylic acids is 1. The van der Waals surface area contributed by atoms with Gasteiger partial charge in [0.05, 0.1) is 34.4 Å². The number of rotatable bonds is 47. The van der Waals surface area contributed by atoms with Crippen LogP contribution in [0.2, 0.25) is 0 Å². The summed E-state index contributed by atoms with van der Waals surface area (Å²) in [6.07, 6.45) is 53.3. The van der Waals surface area contributed by atoms with E-state index in [2.05, 4.69) is 50.3 Å². The molecule has 0 saturated carbocycles. The van der Waals surface area contributed by atoms with Gasteiger partial charge < -0.3 is 23.8 Å². The molecule has 0 bridgehead atoms. The second-order valence-electron chi connectivity index (χ2n) is 18.8. The molecule has 2 unspecified atom stereocenters. The van der Waals surface area contributed by atoms with Crippen molar-refractivity contribution in [1.82, 2.24) is 0 Å². The summed E-state index contributed by atoms with van der Waals surface area (Å²) in [5.74, 6) is -1.47. The minimum Gasteiger partial charge on any atom is -0.477 e. The zero-order chi connectivity index (χ0) is 45.6. The quantitative estimate of drug-likeness (QED) is 0.0281. The van der Waals surface area contributed by atoms with E-state index < -0.39 is 18.1 Å². The molecule has 0 radical (unpaired) electrons. The number of hydrogen-bond donors (Lipinski definition) is 1. The van der Waals surface area contributed by atoms with Gasteiger partial charge in [-0.1, -0.05) is 204 Å². The topological polar surface area (TPSA) is 99.1 Å². The molecule has 2 atom stereocenters. The predicted molar refractivity (Wildman–Crippen MR) is 261 cm³/mol. The number of allylic oxidation sites excluding steroid dienone is 6. The molecule has 0 spiro atoms. The first kappa shape index (κ1) is 59.5. The number of nitrogens with zero attached hydrogens (tertiary/aromatic N) is 1. The third kappa shape index (κ3) is 42.8. The van der Waals surface area contributed by atoms with Gasteiger partial charge in [-0.2, -0.15) is 0 Å². The first-order valence-electron chi connectivity index (χ1n) is 26.0. The standard InChI is InChI=1S/C54H99NO7/c1-6-8-10-12-14-16-18-20-22-24-26-28-30-32-34-36-38-40-42-44-52(56)61-49-50(48-60-47-46-51(54(58)59)55(3,4)5)62-53(57)45-43-41-39-37-35-33-31-29-27-25-23-21-19-17-15-13-11-9-7-2/h15,17,21,23,27,29,50-51H,6-14,16,18-20,22,24-26,28,30-49H2,1-5H3/p+1/b17-15-,23-21-,29-27-. The van der Waals surface area contributed by atoms with Crippen LogP contribution >= 0.6 is 0 Å². The van der Waals surface area contributed by atoms with Gasteiger partial charge in [-0.25, -0.2) is 4.79 Å². The molecule has 8 nitrogen and oxygen atoms in total. The molecule has 0 amide bonds. The van der Waals surface area contributed by atoms with Crippen LogP contribution < -0.4 is 0 Å². The van der Waals surface area contributed by atoms with E-state index in [1.807, 2.05) is 21.1 Å². The largest absolute Gasteiger partial charge is 0.477 e. The fourth-order valence-electron chi connectivity index (χ4n) is 7.75. The molecule has 0 aromatic rings. The molecule has 1 N–H and O–H groups in total. The molecule has 8 heteroatoms. The van der Waals surface area contributed by atoms with Crippen molar-refractivity contribution >= 4 is 17.9 Å². The van der Waals surface area contributed by atoms with Crippen LogP contribution in [0, 0.1) is 0 Å². The molecule has 0 rings (SSSR count). The number of likely N-dealkylation sites (N-methyl/N-ethyl adjacent to an activating group) is 1. The Labute approximate surface area is 383 Å². The van der Waals surface area contributed by atoms with E-state index >= 15 is 0 Å². The summed E-state index contributed by atoms with van der Waals surface area (Å²) in [6, 6.07) is -0.616. The first-order chi connectivity index (χ1) is 30.1. The summed E-state index contributed by atoms with van der Waals surface area (Å²) >= 11 is 0. The van der Waals surface area contributed by atoms with Gasteiger partial charge in [0, 0.05) is 19.3 Å². The van der Waals surface area contributed by atoms with Crippen LogP contribution in [-0.2, 0) is 28.6 Å². The Kier molecular flexibility index (Phi) is 43.3. The Balaban J connectivity index is 4.25. The maximum atomic E-state index is 12.8. The van der Waals surface area contributed by atoms with E-state index in [9.17, 15) is 19.5 Å². The zero-order valence-corrected chi connectivity index (χ0v) is 41.3. The Morgan fingerprint density at radius 2 is 0.855 bits per heavy atom. The molecule has 362 valence electrons. The number of carbonyl (C=O) groups is 3. The minimum absolute atomic E-state index is 0.0529. The van der Waals surface area contributed by atoms with E-state index in [0.29, 0.717) is 19.3 Å². The number of hydrogen-bond acceptors (Lipinski definition) is 6. The number of esters is 2. The molecule has 0 aliphatic rings. The molecule has 0 aliphatic carbocycles. The van der Waals surface area contributed by atoms with E-state index in [4.69, 9.17) is 14.2 Å². The number of quaternary nitrogens is 1. The molecule has 62 heavy (non-hydrogen) atoms. The highest BCUT2D eigenvalue weighted by Crippen LogP contribution is 2.16. The van der Waals surface area contributed by atoms with Crippen LogP contribution in [0.5, 0.6) is 0 Å². The van der Waals surface area contributed by atoms with E-state index in [1.165, 1.54) is 141 Å². The average Bonchev–Trinajstić information content (AvgIpc) is 3.23. The van der Waals surface area contributed by atoms with Crippen molar-refractivity contribution < 1.29 is 38.2 Å². The van der Waals surface area contributed by atoms with E-state index in [1.54, 1.807) is 0 Å². The summed E-state index contributed by atoms with van der Waals surface area (Å²) in [7, 11) is 5.54. The Morgan fingerprint density at radius 1 is 0.484 bits per heavy atom. The first-order valence-corrected chi connectivity index (χ1v) is 26.0. The SMILES string of the molecule is CCCCC/C=C\C/C=C\C/C=C\CCCCCCCCC(=O)OC(COCCC(C(=O)O)[N+](C)(C)C)COC(=O)CCCCCCCCCCCCCCCCCCCCC. The number of aliphatic carboxylic acids is 1. The third-order valence-electron chi connectivity index (χ3n) is 11.8. The fourth-order valence-corrected chi connectivity index (χ4v) is 7.75. The van der Waals surface area contributed by atoms with E-state index in [-0.39, 0.29) is 36.2 Å². The van der Waals surface area contributed by atoms with Crippen LogP contribution in [-0.4, -0.2) is 80.6 Å². The van der Waals surface area contributed by atoms with Crippen LogP contribution in [0.4, 0.5) is 0 Å². The number of ether oxygens (including phenoxy) is 3. The third-order valence-corrected chi connectivity index (χ3v) is 11.8. The van der Waals surface area contributed by atoms with Gasteiger partial charge in [0.1, 0.15) is 6.61 Å². The smallest absolute Gasteiger partial charge is 0.362 e. The van der Waals surface area contributed by atoms with Gasteiger partial charge >= 0.3 is 17.9 Å². The van der Waals surface area contributed by atoms with Gasteiger partial charge in [0.15, 0.2) is 12.1 Å². The van der Waals surface area contributed by atoms with Crippen molar-refractivity contribution in [1.29, 1.82) is 0 Å². The predicted octanol–water partition coefficient (Wildman–Crippen LogP) is 15.0. The monoisotopic (exact) mass is 875 g/mol. The molecule has 0 fully saturated rings. The molecule has 0 aromatic carbocycles. The van der Waals surface area contributed by atoms with Crippen LogP contribution in [0.1, 0.15) is 239 Å². The highest BCUT2D eigenvalue weighted by Gasteiger charge is 2.31. The molecular formula is C54H100NO7+. The normalized spacial score (nSPS) is 13.1. The number of carbonyl (C=O) groups excluding carboxylic acids is 2. The van der Waals surface area contributed by atoms with Crippen LogP contribution in [0.25, 0.3) is 0 Å². The average molecular weight is 875 g/mol. The van der Waals surface area contributed by atoms with Gasteiger partial charge in [-0.05, 0) is 51.4 Å². The maximum absolute atomic E-state index is 12.8. The summed E-state index contributed by atoms with van der Waals surface area (Å²) in [6.45, 7) is 4.73. The molecule has 0 saturated heterocycles. The summed E-state index contributed by atoms with van der Waals surface area (Å²) in [5.41, 5.74) is 0.